The van der Waals surface area contributed by atoms with Crippen molar-refractivity contribution >= 4 is 11.6 Å². The van der Waals surface area contributed by atoms with Crippen molar-refractivity contribution in [3.05, 3.63) is 100 Å². The van der Waals surface area contributed by atoms with Gasteiger partial charge in [0.25, 0.3) is 0 Å². The van der Waals surface area contributed by atoms with Crippen LogP contribution in [0.1, 0.15) is 22.4 Å². The van der Waals surface area contributed by atoms with Crippen LogP contribution in [0.2, 0.25) is 5.02 Å². The fourth-order valence-electron chi connectivity index (χ4n) is 5.15. The number of aliphatic hydroxyl groups excluding tert-OH is 5. The van der Waals surface area contributed by atoms with E-state index >= 15 is 0 Å². The third-order valence-electron chi connectivity index (χ3n) is 7.89. The number of benzene rings is 3. The lowest BCUT2D eigenvalue weighted by molar-refractivity contribution is -0.114. The number of rotatable bonds is 15. The van der Waals surface area contributed by atoms with Crippen LogP contribution in [-0.2, 0) is 19.8 Å². The molecule has 6 N–H and O–H groups in total. The van der Waals surface area contributed by atoms with Gasteiger partial charge in [0.05, 0.1) is 23.4 Å². The van der Waals surface area contributed by atoms with E-state index in [4.69, 9.17) is 35.7 Å². The van der Waals surface area contributed by atoms with E-state index in [1.165, 1.54) is 0 Å². The van der Waals surface area contributed by atoms with Gasteiger partial charge >= 0.3 is 0 Å². The van der Waals surface area contributed by atoms with Gasteiger partial charge in [-0.15, -0.1) is 0 Å². The molecule has 0 radical (unpaired) electrons. The molecule has 11 nitrogen and oxygen atoms in total. The maximum atomic E-state index is 10.3. The van der Waals surface area contributed by atoms with Crippen molar-refractivity contribution in [2.24, 2.45) is 0 Å². The summed E-state index contributed by atoms with van der Waals surface area (Å²) >= 11 is 6.68. The molecule has 4 aromatic rings. The topological polar surface area (TPSA) is 163 Å². The van der Waals surface area contributed by atoms with Crippen LogP contribution in [0.3, 0.4) is 0 Å². The Morgan fingerprint density at radius 3 is 2.36 bits per heavy atom. The Bertz CT molecular complexity index is 1620. The van der Waals surface area contributed by atoms with Crippen molar-refractivity contribution in [1.29, 1.82) is 0 Å². The van der Waals surface area contributed by atoms with E-state index < -0.39 is 31.0 Å². The lowest BCUT2D eigenvalue weighted by Crippen LogP contribution is -2.48. The lowest BCUT2D eigenvalue weighted by Gasteiger charge is -2.26. The second kappa shape index (κ2) is 16.2. The van der Waals surface area contributed by atoms with E-state index in [0.29, 0.717) is 41.0 Å². The number of aliphatic hydroxyl groups is 5. The molecule has 0 fully saturated rings. The number of pyridine rings is 1. The van der Waals surface area contributed by atoms with Gasteiger partial charge in [0.2, 0.25) is 0 Å². The van der Waals surface area contributed by atoms with Crippen LogP contribution >= 0.6 is 11.6 Å². The summed E-state index contributed by atoms with van der Waals surface area (Å²) < 4.78 is 23.8. The summed E-state index contributed by atoms with van der Waals surface area (Å²) in [6, 6.07) is 20.9. The van der Waals surface area contributed by atoms with Gasteiger partial charge in [0.1, 0.15) is 56.2 Å². The molecule has 0 aliphatic carbocycles. The minimum Gasteiger partial charge on any atom is -0.487 e. The largest absolute Gasteiger partial charge is 0.487 e. The number of fused-ring (bicyclic) bond motifs is 1. The number of nitrogens with zero attached hydrogens (tertiary/aromatic N) is 1. The molecule has 0 saturated carbocycles. The summed E-state index contributed by atoms with van der Waals surface area (Å²) in [6.07, 6.45) is -4.74. The number of hydrogen-bond acceptors (Lipinski definition) is 11. The molecule has 0 spiro atoms. The maximum Gasteiger partial charge on any atom is 0.161 e. The summed E-state index contributed by atoms with van der Waals surface area (Å²) in [4.78, 5) is 4.31. The normalized spacial score (nSPS) is 15.0. The summed E-state index contributed by atoms with van der Waals surface area (Å²) in [7, 11) is 0. The van der Waals surface area contributed by atoms with E-state index in [1.807, 2.05) is 61.5 Å². The molecule has 0 saturated heterocycles. The molecule has 0 amide bonds. The number of nitrogens with one attached hydrogen (secondary N) is 1. The van der Waals surface area contributed by atoms with Crippen LogP contribution in [0.4, 0.5) is 0 Å². The molecule has 5 rings (SSSR count). The first kappa shape index (κ1) is 34.4. The van der Waals surface area contributed by atoms with E-state index in [0.717, 1.165) is 33.8 Å². The molecule has 47 heavy (non-hydrogen) atoms. The van der Waals surface area contributed by atoms with Gasteiger partial charge in [0.15, 0.2) is 11.5 Å². The van der Waals surface area contributed by atoms with Crippen molar-refractivity contribution in [2.45, 2.75) is 51.1 Å². The van der Waals surface area contributed by atoms with E-state index in [9.17, 15) is 20.4 Å². The zero-order valence-corrected chi connectivity index (χ0v) is 26.6. The first-order valence-corrected chi connectivity index (χ1v) is 15.6. The molecule has 1 aliphatic heterocycles. The fourth-order valence-corrected chi connectivity index (χ4v) is 5.39. The molecule has 0 bridgehead atoms. The van der Waals surface area contributed by atoms with Crippen molar-refractivity contribution < 1.29 is 44.5 Å². The molecule has 3 aromatic carbocycles. The summed E-state index contributed by atoms with van der Waals surface area (Å²) in [5, 5.41) is 52.3. The average molecular weight is 667 g/mol. The Morgan fingerprint density at radius 2 is 1.60 bits per heavy atom. The standard InChI is InChI=1S/C35H39ClN2O9/c1-21-23(5-4-7-26(21)22-8-9-30-33(14-22)45-12-11-44-30)19-46-32-15-31(47-20-25-6-2-3-10-38-25)24(13-27(32)36)16-37-17-28(40)34(42)35(43)29(41)18-39/h2-10,13-15,28-29,34-35,37,39-43H,11-12,16-20H2,1H3. The molecule has 4 atom stereocenters. The average Bonchev–Trinajstić information content (AvgIpc) is 3.10. The highest BCUT2D eigenvalue weighted by atomic mass is 35.5. The van der Waals surface area contributed by atoms with Gasteiger partial charge in [-0.2, -0.15) is 0 Å². The zero-order valence-electron chi connectivity index (χ0n) is 25.9. The van der Waals surface area contributed by atoms with Crippen LogP contribution in [0.5, 0.6) is 23.0 Å². The lowest BCUT2D eigenvalue weighted by atomic mass is 9.96. The quantitative estimate of drug-likeness (QED) is 0.111. The van der Waals surface area contributed by atoms with Gasteiger partial charge in [-0.25, -0.2) is 0 Å². The monoisotopic (exact) mass is 666 g/mol. The van der Waals surface area contributed by atoms with Crippen molar-refractivity contribution in [3.8, 4) is 34.1 Å². The van der Waals surface area contributed by atoms with E-state index in [-0.39, 0.29) is 26.3 Å². The third-order valence-corrected chi connectivity index (χ3v) is 8.19. The van der Waals surface area contributed by atoms with Crippen LogP contribution in [0.25, 0.3) is 11.1 Å². The summed E-state index contributed by atoms with van der Waals surface area (Å²) in [5.74, 6) is 2.33. The summed E-state index contributed by atoms with van der Waals surface area (Å²) in [6.45, 7) is 2.79. The Hall–Kier alpha value is -3.94. The van der Waals surface area contributed by atoms with E-state index in [1.54, 1.807) is 18.3 Å². The van der Waals surface area contributed by atoms with Gasteiger partial charge in [-0.3, -0.25) is 4.98 Å². The van der Waals surface area contributed by atoms with Crippen molar-refractivity contribution in [1.82, 2.24) is 10.3 Å². The first-order valence-electron chi connectivity index (χ1n) is 15.3. The Labute approximate surface area is 277 Å². The molecular formula is C35H39ClN2O9. The summed E-state index contributed by atoms with van der Waals surface area (Å²) in [5.41, 5.74) is 5.42. The predicted molar refractivity (Wildman–Crippen MR) is 175 cm³/mol. The Morgan fingerprint density at radius 1 is 0.830 bits per heavy atom. The third kappa shape index (κ3) is 8.70. The molecule has 1 aliphatic rings. The Balaban J connectivity index is 1.31. The van der Waals surface area contributed by atoms with Crippen LogP contribution in [0.15, 0.2) is 72.9 Å². The van der Waals surface area contributed by atoms with Gasteiger partial charge in [-0.05, 0) is 59.5 Å². The van der Waals surface area contributed by atoms with Crippen molar-refractivity contribution in [3.63, 3.8) is 0 Å². The number of hydrogen-bond donors (Lipinski definition) is 6. The Kier molecular flexibility index (Phi) is 11.9. The molecule has 2 heterocycles. The number of halogens is 1. The maximum absolute atomic E-state index is 10.3. The molecular weight excluding hydrogens is 628 g/mol. The smallest absolute Gasteiger partial charge is 0.161 e. The highest BCUT2D eigenvalue weighted by Gasteiger charge is 2.29. The van der Waals surface area contributed by atoms with Gasteiger partial charge < -0.3 is 49.8 Å². The van der Waals surface area contributed by atoms with Gasteiger partial charge in [-0.1, -0.05) is 41.9 Å². The molecule has 4 unspecified atom stereocenters. The van der Waals surface area contributed by atoms with Crippen LogP contribution < -0.4 is 24.3 Å². The molecule has 1 aromatic heterocycles. The number of ether oxygens (including phenoxy) is 4. The zero-order chi connectivity index (χ0) is 33.3. The van der Waals surface area contributed by atoms with Gasteiger partial charge in [0, 0.05) is 30.9 Å². The number of aromatic nitrogens is 1. The first-order chi connectivity index (χ1) is 22.7. The van der Waals surface area contributed by atoms with Crippen LogP contribution in [0, 0.1) is 6.92 Å². The fraction of sp³-hybridized carbons (Fsp3) is 0.343. The second-order valence-electron chi connectivity index (χ2n) is 11.2. The SMILES string of the molecule is Cc1c(COc2cc(OCc3ccccn3)c(CNCC(O)C(O)C(O)C(O)CO)cc2Cl)cccc1-c1ccc2c(c1)OCCO2. The van der Waals surface area contributed by atoms with Crippen LogP contribution in [-0.4, -0.2) is 81.3 Å². The highest BCUT2D eigenvalue weighted by Crippen LogP contribution is 2.37. The minimum absolute atomic E-state index is 0.134. The molecule has 12 heteroatoms. The minimum atomic E-state index is -1.72. The predicted octanol–water partition coefficient (Wildman–Crippen LogP) is 3.17. The van der Waals surface area contributed by atoms with E-state index in [2.05, 4.69) is 10.3 Å². The van der Waals surface area contributed by atoms with Crippen molar-refractivity contribution in [2.75, 3.05) is 26.4 Å². The second-order valence-corrected chi connectivity index (χ2v) is 11.6. The highest BCUT2D eigenvalue weighted by molar-refractivity contribution is 6.32. The molecule has 250 valence electrons.